The van der Waals surface area contributed by atoms with Crippen LogP contribution in [-0.4, -0.2) is 16.1 Å². The molecule has 0 aliphatic heterocycles. The first-order chi connectivity index (χ1) is 8.50. The number of hydrogen-bond donors (Lipinski definition) is 1. The minimum absolute atomic E-state index is 0.0690. The topological polar surface area (TPSA) is 50.2 Å². The van der Waals surface area contributed by atoms with E-state index in [0.717, 1.165) is 27.7 Å². The predicted octanol–water partition coefficient (Wildman–Crippen LogP) is 3.52. The van der Waals surface area contributed by atoms with Crippen molar-refractivity contribution in [3.63, 3.8) is 0 Å². The second kappa shape index (κ2) is 4.94. The summed E-state index contributed by atoms with van der Waals surface area (Å²) in [5, 5.41) is 10.3. The molecule has 1 heterocycles. The number of fused-ring (bicyclic) bond motifs is 1. The number of carboxylic acids is 1. The summed E-state index contributed by atoms with van der Waals surface area (Å²) in [7, 11) is 0. The first-order valence-corrected chi connectivity index (χ1v) is 6.14. The normalized spacial score (nSPS) is 10.8. The monoisotopic (exact) mass is 263 g/mol. The van der Waals surface area contributed by atoms with Crippen LogP contribution in [0.1, 0.15) is 23.2 Å². The Morgan fingerprint density at radius 2 is 2.11 bits per heavy atom. The molecule has 0 spiro atoms. The molecule has 0 aliphatic carbocycles. The lowest BCUT2D eigenvalue weighted by atomic mass is 10.0. The maximum absolute atomic E-state index is 10.6. The lowest BCUT2D eigenvalue weighted by molar-refractivity contribution is -0.136. The van der Waals surface area contributed by atoms with Gasteiger partial charge in [0.2, 0.25) is 0 Å². The van der Waals surface area contributed by atoms with Gasteiger partial charge in [0.15, 0.2) is 0 Å². The van der Waals surface area contributed by atoms with E-state index < -0.39 is 5.97 Å². The van der Waals surface area contributed by atoms with Gasteiger partial charge in [0.05, 0.1) is 10.5 Å². The van der Waals surface area contributed by atoms with Gasteiger partial charge in [-0.2, -0.15) is 0 Å². The smallest absolute Gasteiger partial charge is 0.303 e. The fourth-order valence-corrected chi connectivity index (χ4v) is 2.45. The molecule has 1 N–H and O–H groups in total. The van der Waals surface area contributed by atoms with Crippen LogP contribution in [0.2, 0.25) is 5.02 Å². The predicted molar refractivity (Wildman–Crippen MR) is 72.2 cm³/mol. The van der Waals surface area contributed by atoms with Crippen LogP contribution in [0.25, 0.3) is 10.9 Å². The maximum atomic E-state index is 10.6. The largest absolute Gasteiger partial charge is 0.481 e. The minimum Gasteiger partial charge on any atom is -0.481 e. The molecule has 18 heavy (non-hydrogen) atoms. The van der Waals surface area contributed by atoms with Gasteiger partial charge in [-0.1, -0.05) is 29.8 Å². The third kappa shape index (κ3) is 2.31. The fraction of sp³-hybridized carbons (Fsp3) is 0.286. The number of halogens is 1. The summed E-state index contributed by atoms with van der Waals surface area (Å²) in [6.45, 7) is 3.86. The van der Waals surface area contributed by atoms with Gasteiger partial charge in [0, 0.05) is 17.5 Å². The maximum Gasteiger partial charge on any atom is 0.303 e. The average molecular weight is 264 g/mol. The van der Waals surface area contributed by atoms with E-state index >= 15 is 0 Å². The van der Waals surface area contributed by atoms with E-state index in [1.165, 1.54) is 0 Å². The average Bonchev–Trinajstić information content (AvgIpc) is 2.30. The van der Waals surface area contributed by atoms with E-state index in [2.05, 4.69) is 4.98 Å². The summed E-state index contributed by atoms with van der Waals surface area (Å²) in [5.41, 5.74) is 3.60. The number of carboxylic acid groups (broad SMARTS) is 1. The van der Waals surface area contributed by atoms with Crippen LogP contribution in [-0.2, 0) is 11.2 Å². The Morgan fingerprint density at radius 1 is 1.39 bits per heavy atom. The van der Waals surface area contributed by atoms with Gasteiger partial charge in [-0.25, -0.2) is 0 Å². The third-order valence-corrected chi connectivity index (χ3v) is 3.48. The molecule has 0 atom stereocenters. The van der Waals surface area contributed by atoms with E-state index in [-0.39, 0.29) is 6.42 Å². The Hall–Kier alpha value is -1.61. The second-order valence-corrected chi connectivity index (χ2v) is 4.73. The molecule has 4 heteroatoms. The van der Waals surface area contributed by atoms with Gasteiger partial charge >= 0.3 is 5.97 Å². The lowest BCUT2D eigenvalue weighted by Crippen LogP contribution is -2.02. The summed E-state index contributed by atoms with van der Waals surface area (Å²) < 4.78 is 0. The molecular weight excluding hydrogens is 250 g/mol. The van der Waals surface area contributed by atoms with E-state index in [9.17, 15) is 4.79 Å². The number of aliphatic carboxylic acids is 1. The number of benzene rings is 1. The van der Waals surface area contributed by atoms with Gasteiger partial charge in [0.1, 0.15) is 0 Å². The molecular formula is C14H14ClNO2. The molecule has 2 aromatic rings. The van der Waals surface area contributed by atoms with Crippen LogP contribution in [0, 0.1) is 13.8 Å². The van der Waals surface area contributed by atoms with Crippen molar-refractivity contribution >= 4 is 28.5 Å². The van der Waals surface area contributed by atoms with Crippen molar-refractivity contribution in [3.05, 3.63) is 40.0 Å². The van der Waals surface area contributed by atoms with Crippen molar-refractivity contribution in [1.29, 1.82) is 0 Å². The summed E-state index contributed by atoms with van der Waals surface area (Å²) in [5.74, 6) is -0.824. The van der Waals surface area contributed by atoms with Crippen LogP contribution in [0.15, 0.2) is 18.2 Å². The van der Waals surface area contributed by atoms with E-state index in [0.29, 0.717) is 11.4 Å². The molecule has 3 nitrogen and oxygen atoms in total. The van der Waals surface area contributed by atoms with Gasteiger partial charge in [-0.05, 0) is 31.4 Å². The van der Waals surface area contributed by atoms with Crippen molar-refractivity contribution in [2.45, 2.75) is 26.7 Å². The third-order valence-electron chi connectivity index (χ3n) is 3.04. The number of nitrogens with zero attached hydrogens (tertiary/aromatic N) is 1. The standard InChI is InChI=1S/C14H14ClNO2/c1-8-4-3-5-11-13(15)10(6-7-12(17)18)9(2)16-14(8)11/h3-5H,6-7H2,1-2H3,(H,17,18). The van der Waals surface area contributed by atoms with Crippen molar-refractivity contribution in [2.75, 3.05) is 0 Å². The zero-order valence-electron chi connectivity index (χ0n) is 10.3. The summed E-state index contributed by atoms with van der Waals surface area (Å²) in [6.07, 6.45) is 0.483. The van der Waals surface area contributed by atoms with Gasteiger partial charge in [-0.3, -0.25) is 9.78 Å². The zero-order chi connectivity index (χ0) is 13.3. The van der Waals surface area contributed by atoms with Gasteiger partial charge < -0.3 is 5.11 Å². The van der Waals surface area contributed by atoms with Gasteiger partial charge in [-0.15, -0.1) is 0 Å². The number of pyridine rings is 1. The first kappa shape index (κ1) is 12.8. The SMILES string of the molecule is Cc1nc2c(C)cccc2c(Cl)c1CCC(=O)O. The molecule has 0 aliphatic rings. The summed E-state index contributed by atoms with van der Waals surface area (Å²) >= 11 is 6.37. The van der Waals surface area contributed by atoms with Crippen molar-refractivity contribution in [2.24, 2.45) is 0 Å². The molecule has 0 radical (unpaired) electrons. The Bertz CT molecular complexity index is 623. The highest BCUT2D eigenvalue weighted by Crippen LogP contribution is 2.30. The zero-order valence-corrected chi connectivity index (χ0v) is 11.1. The Balaban J connectivity index is 2.58. The minimum atomic E-state index is -0.824. The molecule has 2 rings (SSSR count). The summed E-state index contributed by atoms with van der Waals surface area (Å²) in [6, 6.07) is 5.84. The molecule has 0 amide bonds. The van der Waals surface area contributed by atoms with E-state index in [1.54, 1.807) is 0 Å². The Kier molecular flexibility index (Phi) is 3.53. The van der Waals surface area contributed by atoms with Crippen molar-refractivity contribution in [3.8, 4) is 0 Å². The molecule has 0 saturated heterocycles. The Morgan fingerprint density at radius 3 is 2.78 bits per heavy atom. The number of hydrogen-bond acceptors (Lipinski definition) is 2. The van der Waals surface area contributed by atoms with Crippen LogP contribution in [0.3, 0.4) is 0 Å². The molecule has 1 aromatic carbocycles. The van der Waals surface area contributed by atoms with Gasteiger partial charge in [0.25, 0.3) is 0 Å². The molecule has 1 aromatic heterocycles. The molecule has 0 fully saturated rings. The number of carbonyl (C=O) groups is 1. The second-order valence-electron chi connectivity index (χ2n) is 4.35. The number of rotatable bonds is 3. The highest BCUT2D eigenvalue weighted by molar-refractivity contribution is 6.36. The molecule has 0 unspecified atom stereocenters. The highest BCUT2D eigenvalue weighted by atomic mass is 35.5. The van der Waals surface area contributed by atoms with E-state index in [4.69, 9.17) is 16.7 Å². The molecule has 0 saturated carbocycles. The van der Waals surface area contributed by atoms with Crippen molar-refractivity contribution < 1.29 is 9.90 Å². The number of aromatic nitrogens is 1. The molecule has 94 valence electrons. The number of aryl methyl sites for hydroxylation is 2. The first-order valence-electron chi connectivity index (χ1n) is 5.77. The fourth-order valence-electron chi connectivity index (χ4n) is 2.06. The number of para-hydroxylation sites is 1. The van der Waals surface area contributed by atoms with Crippen molar-refractivity contribution in [1.82, 2.24) is 4.98 Å². The lowest BCUT2D eigenvalue weighted by Gasteiger charge is -2.11. The molecule has 0 bridgehead atoms. The van der Waals surface area contributed by atoms with Crippen LogP contribution >= 0.6 is 11.6 Å². The van der Waals surface area contributed by atoms with Crippen LogP contribution in [0.4, 0.5) is 0 Å². The summed E-state index contributed by atoms with van der Waals surface area (Å²) in [4.78, 5) is 15.2. The van der Waals surface area contributed by atoms with Crippen LogP contribution < -0.4 is 0 Å². The highest BCUT2D eigenvalue weighted by Gasteiger charge is 2.13. The van der Waals surface area contributed by atoms with E-state index in [1.807, 2.05) is 32.0 Å². The van der Waals surface area contributed by atoms with Crippen LogP contribution in [0.5, 0.6) is 0 Å². The Labute approximate surface area is 110 Å². The quantitative estimate of drug-likeness (QED) is 0.922.